The van der Waals surface area contributed by atoms with E-state index in [1.165, 1.54) is 11.8 Å². The zero-order valence-corrected chi connectivity index (χ0v) is 15.9. The van der Waals surface area contributed by atoms with Crippen molar-refractivity contribution >= 4 is 46.1 Å². The van der Waals surface area contributed by atoms with Gasteiger partial charge in [-0.2, -0.15) is 0 Å². The topological polar surface area (TPSA) is 90.0 Å². The predicted octanol–water partition coefficient (Wildman–Crippen LogP) is 3.49. The first kappa shape index (κ1) is 18.5. The van der Waals surface area contributed by atoms with Gasteiger partial charge in [0.05, 0.1) is 22.3 Å². The average Bonchev–Trinajstić information content (AvgIpc) is 3.00. The van der Waals surface area contributed by atoms with E-state index in [1.807, 2.05) is 6.92 Å². The minimum Gasteiger partial charge on any atom is -0.338 e. The summed E-state index contributed by atoms with van der Waals surface area (Å²) in [6, 6.07) is 6.62. The molecule has 3 aromatic rings. The van der Waals surface area contributed by atoms with E-state index in [4.69, 9.17) is 16.1 Å². The zero-order valence-electron chi connectivity index (χ0n) is 14.3. The number of aryl methyl sites for hydroxylation is 1. The lowest BCUT2D eigenvalue weighted by Crippen LogP contribution is -2.24. The molecule has 0 atom stereocenters. The van der Waals surface area contributed by atoms with E-state index in [9.17, 15) is 9.59 Å². The summed E-state index contributed by atoms with van der Waals surface area (Å²) in [6.45, 7) is 4.27. The molecule has 0 spiro atoms. The van der Waals surface area contributed by atoms with Gasteiger partial charge in [0.2, 0.25) is 11.8 Å². The van der Waals surface area contributed by atoms with Crippen molar-refractivity contribution in [1.82, 2.24) is 14.7 Å². The van der Waals surface area contributed by atoms with Gasteiger partial charge < -0.3 is 4.52 Å². The first-order valence-corrected chi connectivity index (χ1v) is 9.40. The van der Waals surface area contributed by atoms with E-state index in [0.29, 0.717) is 33.3 Å². The van der Waals surface area contributed by atoms with Crippen molar-refractivity contribution in [3.8, 4) is 0 Å². The Labute approximate surface area is 158 Å². The molecule has 1 aromatic carbocycles. The van der Waals surface area contributed by atoms with Gasteiger partial charge >= 0.3 is 0 Å². The molecule has 2 aromatic heterocycles. The van der Waals surface area contributed by atoms with Gasteiger partial charge in [0, 0.05) is 17.6 Å². The molecule has 2 heterocycles. The van der Waals surface area contributed by atoms with E-state index in [-0.39, 0.29) is 23.1 Å². The van der Waals surface area contributed by atoms with Crippen LogP contribution in [0.5, 0.6) is 0 Å². The summed E-state index contributed by atoms with van der Waals surface area (Å²) in [5.41, 5.74) is 1.06. The van der Waals surface area contributed by atoms with Crippen LogP contribution in [0.2, 0.25) is 5.02 Å². The molecule has 0 aliphatic rings. The highest BCUT2D eigenvalue weighted by Gasteiger charge is 2.14. The average molecular weight is 393 g/mol. The number of thioether (sulfide) groups is 1. The number of hydrogen-bond acceptors (Lipinski definition) is 6. The number of halogens is 1. The largest absolute Gasteiger partial charge is 0.338 e. The lowest BCUT2D eigenvalue weighted by molar-refractivity contribution is -0.113. The maximum absolute atomic E-state index is 12.7. The summed E-state index contributed by atoms with van der Waals surface area (Å²) in [7, 11) is 0. The van der Waals surface area contributed by atoms with Crippen LogP contribution in [0, 0.1) is 6.92 Å². The van der Waals surface area contributed by atoms with Crippen LogP contribution in [0.25, 0.3) is 10.9 Å². The Morgan fingerprint density at radius 3 is 2.88 bits per heavy atom. The fourth-order valence-corrected chi connectivity index (χ4v) is 3.42. The van der Waals surface area contributed by atoms with Crippen LogP contribution in [-0.2, 0) is 11.3 Å². The molecule has 0 radical (unpaired) electrons. The normalized spacial score (nSPS) is 11.0. The minimum atomic E-state index is -0.269. The van der Waals surface area contributed by atoms with Gasteiger partial charge in [0.25, 0.3) is 5.56 Å². The summed E-state index contributed by atoms with van der Waals surface area (Å²) < 4.78 is 6.55. The van der Waals surface area contributed by atoms with Crippen molar-refractivity contribution in [2.24, 2.45) is 0 Å². The minimum absolute atomic E-state index is 0.0853. The lowest BCUT2D eigenvalue weighted by atomic mass is 10.2. The highest BCUT2D eigenvalue weighted by Crippen LogP contribution is 2.21. The molecule has 1 N–H and O–H groups in total. The Morgan fingerprint density at radius 1 is 1.38 bits per heavy atom. The Hall–Kier alpha value is -2.32. The second kappa shape index (κ2) is 7.92. The molecule has 136 valence electrons. The van der Waals surface area contributed by atoms with Gasteiger partial charge in [0.15, 0.2) is 5.16 Å². The van der Waals surface area contributed by atoms with Crippen LogP contribution in [-0.4, -0.2) is 26.4 Å². The third-order valence-electron chi connectivity index (χ3n) is 3.55. The van der Waals surface area contributed by atoms with E-state index in [2.05, 4.69) is 15.5 Å². The predicted molar refractivity (Wildman–Crippen MR) is 102 cm³/mol. The summed E-state index contributed by atoms with van der Waals surface area (Å²) in [5, 5.41) is 7.83. The standard InChI is InChI=1S/C17H17ClN4O3S/c1-3-6-22-16(24)12-5-4-11(18)8-13(12)19-17(22)26-9-14(23)20-15-7-10(2)21-25-15/h4-5,7-8H,3,6,9H2,1-2H3,(H,20,23). The van der Waals surface area contributed by atoms with Crippen molar-refractivity contribution in [3.63, 3.8) is 0 Å². The van der Waals surface area contributed by atoms with E-state index in [0.717, 1.165) is 6.42 Å². The lowest BCUT2D eigenvalue weighted by Gasteiger charge is -2.12. The molecule has 0 aliphatic heterocycles. The number of hydrogen-bond donors (Lipinski definition) is 1. The summed E-state index contributed by atoms with van der Waals surface area (Å²) in [4.78, 5) is 29.4. The van der Waals surface area contributed by atoms with Crippen LogP contribution in [0.4, 0.5) is 5.88 Å². The summed E-state index contributed by atoms with van der Waals surface area (Å²) in [6.07, 6.45) is 0.776. The highest BCUT2D eigenvalue weighted by molar-refractivity contribution is 7.99. The maximum atomic E-state index is 12.7. The Morgan fingerprint density at radius 2 is 2.19 bits per heavy atom. The smallest absolute Gasteiger partial charge is 0.262 e. The van der Waals surface area contributed by atoms with Crippen molar-refractivity contribution in [2.45, 2.75) is 32.0 Å². The fourth-order valence-electron chi connectivity index (χ4n) is 2.43. The molecule has 9 heteroatoms. The van der Waals surface area contributed by atoms with Gasteiger partial charge in [-0.1, -0.05) is 35.4 Å². The molecule has 26 heavy (non-hydrogen) atoms. The molecule has 7 nitrogen and oxygen atoms in total. The van der Waals surface area contributed by atoms with Crippen molar-refractivity contribution in [3.05, 3.63) is 45.3 Å². The molecule has 3 rings (SSSR count). The molecule has 1 amide bonds. The van der Waals surface area contributed by atoms with Crippen molar-refractivity contribution < 1.29 is 9.32 Å². The van der Waals surface area contributed by atoms with Gasteiger partial charge in [0.1, 0.15) is 0 Å². The van der Waals surface area contributed by atoms with Crippen LogP contribution < -0.4 is 10.9 Å². The second-order valence-electron chi connectivity index (χ2n) is 5.68. The number of benzene rings is 1. The molecule has 0 unspecified atom stereocenters. The van der Waals surface area contributed by atoms with Crippen molar-refractivity contribution in [2.75, 3.05) is 11.1 Å². The zero-order chi connectivity index (χ0) is 18.7. The molecule has 0 saturated heterocycles. The SMILES string of the molecule is CCCn1c(SCC(=O)Nc2cc(C)no2)nc2cc(Cl)ccc2c1=O. The molecule has 0 saturated carbocycles. The van der Waals surface area contributed by atoms with Crippen LogP contribution in [0.3, 0.4) is 0 Å². The van der Waals surface area contributed by atoms with E-state index in [1.54, 1.807) is 35.8 Å². The van der Waals surface area contributed by atoms with Gasteiger partial charge in [-0.3, -0.25) is 19.5 Å². The summed E-state index contributed by atoms with van der Waals surface area (Å²) in [5.74, 6) is 0.106. The number of nitrogens with zero attached hydrogens (tertiary/aromatic N) is 3. The fraction of sp³-hybridized carbons (Fsp3) is 0.294. The number of aromatic nitrogens is 3. The van der Waals surface area contributed by atoms with Gasteiger partial charge in [-0.15, -0.1) is 0 Å². The highest BCUT2D eigenvalue weighted by atomic mass is 35.5. The number of fused-ring (bicyclic) bond motifs is 1. The Bertz CT molecular complexity index is 1010. The number of carbonyl (C=O) groups excluding carboxylic acids is 1. The van der Waals surface area contributed by atoms with Gasteiger partial charge in [-0.05, 0) is 31.5 Å². The van der Waals surface area contributed by atoms with Crippen LogP contribution >= 0.6 is 23.4 Å². The number of amides is 1. The number of anilines is 1. The first-order valence-electron chi connectivity index (χ1n) is 8.04. The quantitative estimate of drug-likeness (QED) is 0.510. The second-order valence-corrected chi connectivity index (χ2v) is 7.06. The number of carbonyl (C=O) groups is 1. The molecule has 0 bridgehead atoms. The van der Waals surface area contributed by atoms with Crippen LogP contribution in [0.1, 0.15) is 19.0 Å². The molecular formula is C17H17ClN4O3S. The Balaban J connectivity index is 1.84. The third kappa shape index (κ3) is 4.08. The van der Waals surface area contributed by atoms with E-state index >= 15 is 0 Å². The van der Waals surface area contributed by atoms with E-state index < -0.39 is 0 Å². The van der Waals surface area contributed by atoms with Crippen molar-refractivity contribution in [1.29, 1.82) is 0 Å². The maximum Gasteiger partial charge on any atom is 0.262 e. The first-order chi connectivity index (χ1) is 12.5. The molecule has 0 fully saturated rings. The molecular weight excluding hydrogens is 376 g/mol. The van der Waals surface area contributed by atoms with Gasteiger partial charge in [-0.25, -0.2) is 4.98 Å². The number of nitrogens with one attached hydrogen (secondary N) is 1. The monoisotopic (exact) mass is 392 g/mol. The third-order valence-corrected chi connectivity index (χ3v) is 4.76. The number of rotatable bonds is 6. The Kier molecular flexibility index (Phi) is 5.63. The van der Waals surface area contributed by atoms with Crippen LogP contribution in [0.15, 0.2) is 38.7 Å². The summed E-state index contributed by atoms with van der Waals surface area (Å²) >= 11 is 7.20. The molecule has 0 aliphatic carbocycles.